The molecule has 1 aromatic heterocycles. The number of carbonyl (C=O) groups excluding carboxylic acids is 2. The van der Waals surface area contributed by atoms with Crippen LogP contribution in [0.3, 0.4) is 0 Å². The molecule has 0 bridgehead atoms. The molecule has 1 aliphatic heterocycles. The van der Waals surface area contributed by atoms with E-state index in [9.17, 15) is 22.8 Å². The van der Waals surface area contributed by atoms with Crippen molar-refractivity contribution in [2.75, 3.05) is 24.5 Å². The second-order valence-corrected chi connectivity index (χ2v) is 7.12. The molecule has 1 aliphatic rings. The summed E-state index contributed by atoms with van der Waals surface area (Å²) in [5.74, 6) is -0.764. The zero-order valence-corrected chi connectivity index (χ0v) is 16.5. The maximum atomic E-state index is 12.7. The maximum Gasteiger partial charge on any atom is 0.419 e. The number of amides is 1. The Morgan fingerprint density at radius 3 is 2.57 bits per heavy atom. The molecule has 2 N–H and O–H groups in total. The number of ether oxygens (including phenoxy) is 1. The van der Waals surface area contributed by atoms with E-state index < -0.39 is 23.8 Å². The Hall–Kier alpha value is -2.03. The van der Waals surface area contributed by atoms with Crippen LogP contribution in [0, 0.1) is 5.92 Å². The zero-order valence-electron chi connectivity index (χ0n) is 15.7. The van der Waals surface area contributed by atoms with Crippen molar-refractivity contribution < 1.29 is 32.5 Å². The fourth-order valence-electron chi connectivity index (χ4n) is 2.92. The van der Waals surface area contributed by atoms with E-state index >= 15 is 0 Å². The van der Waals surface area contributed by atoms with Crippen molar-refractivity contribution in [2.45, 2.75) is 45.4 Å². The van der Waals surface area contributed by atoms with Crippen LogP contribution < -0.4 is 15.2 Å². The van der Waals surface area contributed by atoms with Gasteiger partial charge in [0.25, 0.3) is 11.7 Å². The van der Waals surface area contributed by atoms with E-state index in [1.54, 1.807) is 4.90 Å². The summed E-state index contributed by atoms with van der Waals surface area (Å²) < 4.78 is 43.5. The van der Waals surface area contributed by atoms with Crippen LogP contribution in [0.25, 0.3) is 0 Å². The number of rotatable bonds is 6. The van der Waals surface area contributed by atoms with Gasteiger partial charge in [-0.3, -0.25) is 14.5 Å². The minimum absolute atomic E-state index is 0.0305. The number of alkyl halides is 3. The second-order valence-electron chi connectivity index (χ2n) is 6.71. The number of piperidine rings is 1. The molecule has 1 fully saturated rings. The molecule has 0 unspecified atom stereocenters. The summed E-state index contributed by atoms with van der Waals surface area (Å²) in [4.78, 5) is 28.5. The number of hydrogen-bond acceptors (Lipinski definition) is 4. The third-order valence-corrected chi connectivity index (χ3v) is 4.84. The summed E-state index contributed by atoms with van der Waals surface area (Å²) in [6.07, 6.45) is -2.78. The Morgan fingerprint density at radius 1 is 1.39 bits per heavy atom. The van der Waals surface area contributed by atoms with E-state index in [0.717, 1.165) is 18.7 Å². The summed E-state index contributed by atoms with van der Waals surface area (Å²) in [5.41, 5.74) is -0.852. The van der Waals surface area contributed by atoms with E-state index in [4.69, 9.17) is 16.3 Å². The summed E-state index contributed by atoms with van der Waals surface area (Å²) >= 11 is 6.00. The van der Waals surface area contributed by atoms with Crippen LogP contribution in [-0.4, -0.2) is 37.6 Å². The van der Waals surface area contributed by atoms with Gasteiger partial charge in [-0.25, -0.2) is 4.98 Å². The van der Waals surface area contributed by atoms with Gasteiger partial charge in [0.05, 0.1) is 24.6 Å². The highest BCUT2D eigenvalue weighted by molar-refractivity contribution is 6.32. The van der Waals surface area contributed by atoms with Gasteiger partial charge in [-0.15, -0.1) is 0 Å². The highest BCUT2D eigenvalue weighted by Crippen LogP contribution is 2.33. The van der Waals surface area contributed by atoms with Gasteiger partial charge in [-0.2, -0.15) is 13.2 Å². The summed E-state index contributed by atoms with van der Waals surface area (Å²) in [6, 6.07) is 0.879. The van der Waals surface area contributed by atoms with Crippen molar-refractivity contribution in [3.63, 3.8) is 0 Å². The molecule has 0 radical (unpaired) electrons. The van der Waals surface area contributed by atoms with Crippen molar-refractivity contribution in [3.05, 3.63) is 22.8 Å². The van der Waals surface area contributed by atoms with E-state index in [1.165, 1.54) is 6.92 Å². The van der Waals surface area contributed by atoms with Gasteiger partial charge in [0.2, 0.25) is 0 Å². The van der Waals surface area contributed by atoms with Crippen LogP contribution in [0.4, 0.5) is 19.0 Å². The molecular formula is C18H24ClF3N3O3+. The number of aromatic amines is 1. The summed E-state index contributed by atoms with van der Waals surface area (Å²) in [6.45, 7) is 4.82. The van der Waals surface area contributed by atoms with Crippen LogP contribution in [0.1, 0.15) is 38.7 Å². The SMILES string of the molecule is CCCNC(=O)[C@H](C)OC(=O)C1CCN(c2[nH+]cc(C(F)(F)F)cc2Cl)CC1. The number of anilines is 1. The number of aromatic nitrogens is 1. The molecule has 2 heterocycles. The predicted octanol–water partition coefficient (Wildman–Crippen LogP) is 2.85. The van der Waals surface area contributed by atoms with Gasteiger partial charge in [0, 0.05) is 6.54 Å². The summed E-state index contributed by atoms with van der Waals surface area (Å²) in [5, 5.41) is 2.64. The average molecular weight is 423 g/mol. The van der Waals surface area contributed by atoms with E-state index in [-0.39, 0.29) is 16.8 Å². The van der Waals surface area contributed by atoms with Crippen LogP contribution in [0.2, 0.25) is 5.02 Å². The second kappa shape index (κ2) is 9.45. The first-order valence-electron chi connectivity index (χ1n) is 9.15. The minimum Gasteiger partial charge on any atom is -0.452 e. The highest BCUT2D eigenvalue weighted by Gasteiger charge is 2.36. The Bertz CT molecular complexity index is 707. The van der Waals surface area contributed by atoms with Crippen molar-refractivity contribution in [1.29, 1.82) is 0 Å². The largest absolute Gasteiger partial charge is 0.452 e. The predicted molar refractivity (Wildman–Crippen MR) is 96.8 cm³/mol. The lowest BCUT2D eigenvalue weighted by atomic mass is 9.97. The number of nitrogens with zero attached hydrogens (tertiary/aromatic N) is 1. The molecule has 0 spiro atoms. The number of nitrogens with one attached hydrogen (secondary N) is 2. The number of H-pyrrole nitrogens is 1. The maximum absolute atomic E-state index is 12.7. The molecular weight excluding hydrogens is 399 g/mol. The van der Waals surface area contributed by atoms with Crippen LogP contribution >= 0.6 is 11.6 Å². The molecule has 2 rings (SSSR count). The first-order chi connectivity index (χ1) is 13.1. The van der Waals surface area contributed by atoms with E-state index in [0.29, 0.717) is 38.3 Å². The number of carbonyl (C=O) groups is 2. The number of pyridine rings is 1. The lowest BCUT2D eigenvalue weighted by Gasteiger charge is -2.27. The molecule has 0 aromatic carbocycles. The Kier molecular flexibility index (Phi) is 7.51. The first-order valence-corrected chi connectivity index (χ1v) is 9.52. The van der Waals surface area contributed by atoms with Gasteiger partial charge in [0.15, 0.2) is 6.10 Å². The molecule has 1 aromatic rings. The number of esters is 1. The van der Waals surface area contributed by atoms with Gasteiger partial charge in [0.1, 0.15) is 11.2 Å². The molecule has 1 atom stereocenters. The Balaban J connectivity index is 1.90. The molecule has 1 amide bonds. The molecule has 0 aliphatic carbocycles. The number of hydrogen-bond donors (Lipinski definition) is 1. The fraction of sp³-hybridized carbons (Fsp3) is 0.611. The fourth-order valence-corrected chi connectivity index (χ4v) is 3.21. The van der Waals surface area contributed by atoms with Crippen molar-refractivity contribution >= 4 is 29.3 Å². The summed E-state index contributed by atoms with van der Waals surface area (Å²) in [7, 11) is 0. The first kappa shape index (κ1) is 22.3. The molecule has 10 heteroatoms. The van der Waals surface area contributed by atoms with Crippen molar-refractivity contribution in [1.82, 2.24) is 5.32 Å². The van der Waals surface area contributed by atoms with E-state index in [1.807, 2.05) is 6.92 Å². The lowest BCUT2D eigenvalue weighted by Crippen LogP contribution is -2.42. The van der Waals surface area contributed by atoms with Gasteiger partial charge in [-0.1, -0.05) is 18.5 Å². The van der Waals surface area contributed by atoms with Crippen molar-refractivity contribution in [3.8, 4) is 0 Å². The Morgan fingerprint density at radius 2 is 2.04 bits per heavy atom. The Labute approximate surface area is 166 Å². The molecule has 28 heavy (non-hydrogen) atoms. The topological polar surface area (TPSA) is 72.8 Å². The quantitative estimate of drug-likeness (QED) is 0.715. The molecule has 0 saturated carbocycles. The third kappa shape index (κ3) is 5.73. The third-order valence-electron chi connectivity index (χ3n) is 4.56. The van der Waals surface area contributed by atoms with E-state index in [2.05, 4.69) is 10.3 Å². The highest BCUT2D eigenvalue weighted by atomic mass is 35.5. The molecule has 1 saturated heterocycles. The van der Waals surface area contributed by atoms with Gasteiger partial charge >= 0.3 is 12.1 Å². The van der Waals surface area contributed by atoms with Crippen molar-refractivity contribution in [2.24, 2.45) is 5.92 Å². The molecule has 156 valence electrons. The van der Waals surface area contributed by atoms with Crippen LogP contribution in [0.5, 0.6) is 0 Å². The lowest BCUT2D eigenvalue weighted by molar-refractivity contribution is -0.367. The standard InChI is InChI=1S/C18H23ClF3N3O3/c1-3-6-23-16(26)11(2)28-17(27)12-4-7-25(8-5-12)15-14(19)9-13(10-24-15)18(20,21)22/h9-12H,3-8H2,1-2H3,(H,23,26)/p+1/t11-/m0/s1. The van der Waals surface area contributed by atoms with Gasteiger partial charge < -0.3 is 10.1 Å². The van der Waals surface area contributed by atoms with Gasteiger partial charge in [-0.05, 0) is 32.3 Å². The smallest absolute Gasteiger partial charge is 0.419 e. The zero-order chi connectivity index (χ0) is 20.9. The molecule has 6 nitrogen and oxygen atoms in total. The average Bonchev–Trinajstić information content (AvgIpc) is 2.65. The van der Waals surface area contributed by atoms with Crippen LogP contribution in [0.15, 0.2) is 12.3 Å². The normalized spacial score (nSPS) is 16.6. The number of halogens is 4. The monoisotopic (exact) mass is 422 g/mol. The minimum atomic E-state index is -4.48. The van der Waals surface area contributed by atoms with Crippen LogP contribution in [-0.2, 0) is 20.5 Å².